The van der Waals surface area contributed by atoms with Gasteiger partial charge in [0.2, 0.25) is 5.91 Å². The Morgan fingerprint density at radius 2 is 2.09 bits per heavy atom. The quantitative estimate of drug-likeness (QED) is 0.893. The van der Waals surface area contributed by atoms with Gasteiger partial charge in [0.15, 0.2) is 0 Å². The van der Waals surface area contributed by atoms with Crippen molar-refractivity contribution in [3.8, 4) is 0 Å². The van der Waals surface area contributed by atoms with Crippen molar-refractivity contribution in [1.82, 2.24) is 15.5 Å². The number of urea groups is 1. The van der Waals surface area contributed by atoms with Gasteiger partial charge in [-0.05, 0) is 30.5 Å². The summed E-state index contributed by atoms with van der Waals surface area (Å²) in [6, 6.07) is 5.70. The first kappa shape index (κ1) is 15.8. The molecule has 2 fully saturated rings. The molecule has 0 radical (unpaired) electrons. The minimum absolute atomic E-state index is 0.150. The standard InChI is InChI=1S/C17H22FN3O2/c18-13-6-4-5-12(9-13)10-19-16(22)15-11-21(17(23)20-15)14-7-2-1-3-8-14/h4-6,9,14-15H,1-3,7-8,10-11H2,(H,19,22)(H,20,23). The Morgan fingerprint density at radius 1 is 1.30 bits per heavy atom. The van der Waals surface area contributed by atoms with Crippen LogP contribution in [0.4, 0.5) is 9.18 Å². The predicted octanol–water partition coefficient (Wildman–Crippen LogP) is 2.17. The number of rotatable bonds is 4. The Kier molecular flexibility index (Phi) is 4.79. The first-order valence-electron chi connectivity index (χ1n) is 8.23. The number of benzene rings is 1. The Morgan fingerprint density at radius 3 is 2.83 bits per heavy atom. The van der Waals surface area contributed by atoms with E-state index in [0.717, 1.165) is 25.7 Å². The molecule has 0 bridgehead atoms. The van der Waals surface area contributed by atoms with Crippen LogP contribution in [0.25, 0.3) is 0 Å². The average Bonchev–Trinajstić information content (AvgIpc) is 2.95. The molecule has 1 heterocycles. The molecule has 2 aliphatic rings. The SMILES string of the molecule is O=C(NCc1cccc(F)c1)C1CN(C2CCCCC2)C(=O)N1. The fraction of sp³-hybridized carbons (Fsp3) is 0.529. The summed E-state index contributed by atoms with van der Waals surface area (Å²) in [6.45, 7) is 0.672. The van der Waals surface area contributed by atoms with Crippen LogP contribution in [0.5, 0.6) is 0 Å². The van der Waals surface area contributed by atoms with Crippen LogP contribution < -0.4 is 10.6 Å². The molecule has 1 aromatic rings. The van der Waals surface area contributed by atoms with Crippen LogP contribution in [-0.2, 0) is 11.3 Å². The van der Waals surface area contributed by atoms with Crippen LogP contribution in [0, 0.1) is 5.82 Å². The summed E-state index contributed by atoms with van der Waals surface area (Å²) in [6.07, 6.45) is 5.55. The van der Waals surface area contributed by atoms with E-state index in [1.165, 1.54) is 18.6 Å². The van der Waals surface area contributed by atoms with Gasteiger partial charge >= 0.3 is 6.03 Å². The van der Waals surface area contributed by atoms with E-state index in [1.807, 2.05) is 0 Å². The molecule has 6 heteroatoms. The van der Waals surface area contributed by atoms with Crippen molar-refractivity contribution in [2.75, 3.05) is 6.54 Å². The summed E-state index contributed by atoms with van der Waals surface area (Å²) in [7, 11) is 0. The molecule has 0 aromatic heterocycles. The minimum Gasteiger partial charge on any atom is -0.350 e. The zero-order valence-electron chi connectivity index (χ0n) is 13.1. The van der Waals surface area contributed by atoms with Crippen molar-refractivity contribution in [3.05, 3.63) is 35.6 Å². The highest BCUT2D eigenvalue weighted by Crippen LogP contribution is 2.24. The summed E-state index contributed by atoms with van der Waals surface area (Å²) < 4.78 is 13.1. The topological polar surface area (TPSA) is 61.4 Å². The zero-order valence-corrected chi connectivity index (χ0v) is 13.1. The van der Waals surface area contributed by atoms with Gasteiger partial charge in [-0.25, -0.2) is 9.18 Å². The highest BCUT2D eigenvalue weighted by atomic mass is 19.1. The van der Waals surface area contributed by atoms with Crippen LogP contribution >= 0.6 is 0 Å². The Labute approximate surface area is 135 Å². The van der Waals surface area contributed by atoms with Gasteiger partial charge in [-0.3, -0.25) is 4.79 Å². The lowest BCUT2D eigenvalue weighted by molar-refractivity contribution is -0.122. The minimum atomic E-state index is -0.530. The Bertz CT molecular complexity index is 587. The van der Waals surface area contributed by atoms with Crippen molar-refractivity contribution in [3.63, 3.8) is 0 Å². The first-order valence-corrected chi connectivity index (χ1v) is 8.23. The second-order valence-electron chi connectivity index (χ2n) is 6.29. The van der Waals surface area contributed by atoms with Crippen molar-refractivity contribution in [2.24, 2.45) is 0 Å². The van der Waals surface area contributed by atoms with E-state index < -0.39 is 6.04 Å². The molecule has 1 aliphatic heterocycles. The van der Waals surface area contributed by atoms with Crippen LogP contribution in [0.3, 0.4) is 0 Å². The maximum atomic E-state index is 13.1. The van der Waals surface area contributed by atoms with Gasteiger partial charge in [0.05, 0.1) is 6.54 Å². The number of hydrogen-bond acceptors (Lipinski definition) is 2. The second-order valence-corrected chi connectivity index (χ2v) is 6.29. The normalized spacial score (nSPS) is 22.0. The molecule has 0 spiro atoms. The largest absolute Gasteiger partial charge is 0.350 e. The third-order valence-corrected chi connectivity index (χ3v) is 4.63. The Hall–Kier alpha value is -2.11. The monoisotopic (exact) mass is 319 g/mol. The molecule has 1 saturated carbocycles. The van der Waals surface area contributed by atoms with Crippen LogP contribution in [-0.4, -0.2) is 35.5 Å². The molecule has 2 N–H and O–H groups in total. The summed E-state index contributed by atoms with van der Waals surface area (Å²) in [5.74, 6) is -0.546. The lowest BCUT2D eigenvalue weighted by Gasteiger charge is -2.30. The van der Waals surface area contributed by atoms with Gasteiger partial charge in [0, 0.05) is 12.6 Å². The van der Waals surface area contributed by atoms with Crippen LogP contribution in [0.15, 0.2) is 24.3 Å². The molecule has 1 atom stereocenters. The molecule has 1 unspecified atom stereocenters. The number of carbonyl (C=O) groups excluding carboxylic acids is 2. The van der Waals surface area contributed by atoms with Gasteiger partial charge in [-0.2, -0.15) is 0 Å². The van der Waals surface area contributed by atoms with Gasteiger partial charge in [0.1, 0.15) is 11.9 Å². The molecular weight excluding hydrogens is 297 g/mol. The molecule has 3 rings (SSSR count). The van der Waals surface area contributed by atoms with Crippen LogP contribution in [0.1, 0.15) is 37.7 Å². The average molecular weight is 319 g/mol. The van der Waals surface area contributed by atoms with E-state index in [0.29, 0.717) is 12.1 Å². The molecule has 124 valence electrons. The van der Waals surface area contributed by atoms with Gasteiger partial charge in [-0.1, -0.05) is 31.4 Å². The van der Waals surface area contributed by atoms with Crippen molar-refractivity contribution in [1.29, 1.82) is 0 Å². The number of hydrogen-bond donors (Lipinski definition) is 2. The predicted molar refractivity (Wildman–Crippen MR) is 84.1 cm³/mol. The highest BCUT2D eigenvalue weighted by molar-refractivity contribution is 5.90. The molecule has 5 nitrogen and oxygen atoms in total. The van der Waals surface area contributed by atoms with Crippen molar-refractivity contribution >= 4 is 11.9 Å². The second kappa shape index (κ2) is 6.98. The van der Waals surface area contributed by atoms with E-state index in [1.54, 1.807) is 17.0 Å². The smallest absolute Gasteiger partial charge is 0.318 e. The first-order chi connectivity index (χ1) is 11.1. The summed E-state index contributed by atoms with van der Waals surface area (Å²) in [5.41, 5.74) is 0.701. The fourth-order valence-corrected chi connectivity index (χ4v) is 3.37. The number of amides is 3. The van der Waals surface area contributed by atoms with E-state index >= 15 is 0 Å². The highest BCUT2D eigenvalue weighted by Gasteiger charge is 2.37. The van der Waals surface area contributed by atoms with Crippen LogP contribution in [0.2, 0.25) is 0 Å². The molecule has 3 amide bonds. The van der Waals surface area contributed by atoms with E-state index in [-0.39, 0.29) is 30.3 Å². The summed E-state index contributed by atoms with van der Waals surface area (Å²) in [4.78, 5) is 26.1. The molecule has 23 heavy (non-hydrogen) atoms. The van der Waals surface area contributed by atoms with E-state index in [9.17, 15) is 14.0 Å². The fourth-order valence-electron chi connectivity index (χ4n) is 3.37. The summed E-state index contributed by atoms with van der Waals surface area (Å²) >= 11 is 0. The van der Waals surface area contributed by atoms with Crippen molar-refractivity contribution < 1.29 is 14.0 Å². The zero-order chi connectivity index (χ0) is 16.2. The van der Waals surface area contributed by atoms with Gasteiger partial charge < -0.3 is 15.5 Å². The van der Waals surface area contributed by atoms with E-state index in [4.69, 9.17) is 0 Å². The number of carbonyl (C=O) groups is 2. The number of nitrogens with one attached hydrogen (secondary N) is 2. The maximum Gasteiger partial charge on any atom is 0.318 e. The van der Waals surface area contributed by atoms with E-state index in [2.05, 4.69) is 10.6 Å². The maximum absolute atomic E-state index is 13.1. The lowest BCUT2D eigenvalue weighted by Crippen LogP contribution is -2.42. The van der Waals surface area contributed by atoms with Gasteiger partial charge in [-0.15, -0.1) is 0 Å². The Balaban J connectivity index is 1.53. The molecular formula is C17H22FN3O2. The number of nitrogens with zero attached hydrogens (tertiary/aromatic N) is 1. The van der Waals surface area contributed by atoms with Crippen molar-refractivity contribution in [2.45, 2.75) is 50.7 Å². The third-order valence-electron chi connectivity index (χ3n) is 4.63. The van der Waals surface area contributed by atoms with Gasteiger partial charge in [0.25, 0.3) is 0 Å². The lowest BCUT2D eigenvalue weighted by atomic mass is 9.94. The number of halogens is 1. The molecule has 1 aromatic carbocycles. The molecule has 1 aliphatic carbocycles. The summed E-state index contributed by atoms with van der Waals surface area (Å²) in [5, 5.41) is 5.51. The third kappa shape index (κ3) is 3.81. The molecule has 1 saturated heterocycles.